The highest BCUT2D eigenvalue weighted by atomic mass is 28.2. The third-order valence-corrected chi connectivity index (χ3v) is 4.51. The second kappa shape index (κ2) is 10.3. The van der Waals surface area contributed by atoms with E-state index in [2.05, 4.69) is 20.8 Å². The fourth-order valence-corrected chi connectivity index (χ4v) is 2.99. The van der Waals surface area contributed by atoms with Crippen molar-refractivity contribution in [2.24, 2.45) is 0 Å². The molecule has 0 amide bonds. The molecular weight excluding hydrogens is 212 g/mol. The third-order valence-electron chi connectivity index (χ3n) is 3.64. The van der Waals surface area contributed by atoms with Gasteiger partial charge in [0.2, 0.25) is 0 Å². The Morgan fingerprint density at radius 2 is 1.19 bits per heavy atom. The van der Waals surface area contributed by atoms with E-state index in [1.54, 1.807) is 0 Å². The van der Waals surface area contributed by atoms with Gasteiger partial charge in [0.25, 0.3) is 0 Å². The van der Waals surface area contributed by atoms with Crippen LogP contribution in [0.25, 0.3) is 0 Å². The Labute approximate surface area is 106 Å². The molecule has 0 bridgehead atoms. The van der Waals surface area contributed by atoms with Crippen LogP contribution in [-0.4, -0.2) is 16.1 Å². The van der Waals surface area contributed by atoms with Gasteiger partial charge in [-0.3, -0.25) is 0 Å². The highest BCUT2D eigenvalue weighted by molar-refractivity contribution is 5.98. The minimum Gasteiger partial charge on any atom is -0.422 e. The Hall–Kier alpha value is 0.177. The first kappa shape index (κ1) is 16.2. The molecule has 0 rings (SSSR count). The van der Waals surface area contributed by atoms with Crippen molar-refractivity contribution < 1.29 is 4.43 Å². The minimum atomic E-state index is 0.257. The van der Waals surface area contributed by atoms with Gasteiger partial charge >= 0.3 is 0 Å². The summed E-state index contributed by atoms with van der Waals surface area (Å²) in [5, 5.41) is 0. The van der Waals surface area contributed by atoms with E-state index in [1.165, 1.54) is 64.2 Å². The fraction of sp³-hybridized carbons (Fsp3) is 1.00. The van der Waals surface area contributed by atoms with Crippen LogP contribution in [0.3, 0.4) is 0 Å². The van der Waals surface area contributed by atoms with E-state index < -0.39 is 0 Å². The minimum absolute atomic E-state index is 0.257. The van der Waals surface area contributed by atoms with Crippen LogP contribution in [0.5, 0.6) is 0 Å². The summed E-state index contributed by atoms with van der Waals surface area (Å²) in [6.07, 6.45) is 13.2. The van der Waals surface area contributed by atoms with Gasteiger partial charge in [-0.05, 0) is 19.3 Å². The lowest BCUT2D eigenvalue weighted by Gasteiger charge is -2.34. The van der Waals surface area contributed by atoms with Crippen molar-refractivity contribution in [2.75, 3.05) is 0 Å². The number of rotatable bonds is 11. The highest BCUT2D eigenvalue weighted by Gasteiger charge is 2.26. The lowest BCUT2D eigenvalue weighted by Crippen LogP contribution is -2.32. The number of hydrogen-bond donors (Lipinski definition) is 0. The Morgan fingerprint density at radius 3 is 1.56 bits per heavy atom. The molecule has 0 aliphatic carbocycles. The average molecular weight is 244 g/mol. The lowest BCUT2D eigenvalue weighted by atomic mass is 9.86. The molecule has 0 aromatic heterocycles. The second-order valence-electron chi connectivity index (χ2n) is 5.05. The predicted molar refractivity (Wildman–Crippen MR) is 76.9 cm³/mol. The molecule has 1 nitrogen and oxygen atoms in total. The molecule has 0 atom stereocenters. The summed E-state index contributed by atoms with van der Waals surface area (Å²) in [5.74, 6) is 0. The van der Waals surface area contributed by atoms with Gasteiger partial charge in [-0.2, -0.15) is 0 Å². The Bertz CT molecular complexity index is 140. The van der Waals surface area contributed by atoms with Gasteiger partial charge in [0.05, 0.1) is 5.60 Å². The summed E-state index contributed by atoms with van der Waals surface area (Å²) < 4.78 is 6.03. The van der Waals surface area contributed by atoms with Gasteiger partial charge in [-0.1, -0.05) is 65.7 Å². The summed E-state index contributed by atoms with van der Waals surface area (Å²) >= 11 is 0. The smallest absolute Gasteiger partial charge is 0.146 e. The van der Waals surface area contributed by atoms with E-state index in [0.29, 0.717) is 0 Å². The summed E-state index contributed by atoms with van der Waals surface area (Å²) in [6, 6.07) is 0. The summed E-state index contributed by atoms with van der Waals surface area (Å²) in [7, 11) is 0.898. The molecule has 2 heteroatoms. The highest BCUT2D eigenvalue weighted by Crippen LogP contribution is 2.30. The maximum absolute atomic E-state index is 6.03. The van der Waals surface area contributed by atoms with Crippen molar-refractivity contribution in [3.63, 3.8) is 0 Å². The van der Waals surface area contributed by atoms with Crippen LogP contribution in [0, 0.1) is 0 Å². The quantitative estimate of drug-likeness (QED) is 0.394. The van der Waals surface area contributed by atoms with Crippen LogP contribution in [0.4, 0.5) is 0 Å². The molecule has 0 saturated heterocycles. The van der Waals surface area contributed by atoms with Gasteiger partial charge in [0.1, 0.15) is 10.5 Å². The Morgan fingerprint density at radius 1 is 0.750 bits per heavy atom. The molecule has 0 heterocycles. The van der Waals surface area contributed by atoms with Crippen molar-refractivity contribution in [3.05, 3.63) is 0 Å². The fourth-order valence-electron chi connectivity index (χ4n) is 2.38. The molecule has 0 N–H and O–H groups in total. The number of hydrogen-bond acceptors (Lipinski definition) is 1. The third kappa shape index (κ3) is 6.69. The van der Waals surface area contributed by atoms with Crippen molar-refractivity contribution >= 4 is 10.5 Å². The van der Waals surface area contributed by atoms with Gasteiger partial charge < -0.3 is 4.43 Å². The SMILES string of the molecule is CCCCCC(CCCC)(CCCC)O[SiH3]. The first-order chi connectivity index (χ1) is 7.74. The van der Waals surface area contributed by atoms with Gasteiger partial charge in [0.15, 0.2) is 0 Å². The van der Waals surface area contributed by atoms with Crippen molar-refractivity contribution in [1.29, 1.82) is 0 Å². The predicted octanol–water partition coefficient (Wildman–Crippen LogP) is 3.98. The standard InChI is InChI=1S/C14H32OSi/c1-4-7-10-13-14(15-16,11-8-5-2)12-9-6-3/h4-13H2,1-3,16H3. The first-order valence-corrected chi connectivity index (χ1v) is 8.11. The molecule has 0 aliphatic rings. The van der Waals surface area contributed by atoms with Crippen LogP contribution in [0.15, 0.2) is 0 Å². The van der Waals surface area contributed by atoms with E-state index >= 15 is 0 Å². The average Bonchev–Trinajstić information content (AvgIpc) is 2.32. The van der Waals surface area contributed by atoms with Crippen LogP contribution in [0.1, 0.15) is 85.0 Å². The molecule has 0 aliphatic heterocycles. The van der Waals surface area contributed by atoms with Gasteiger partial charge in [-0.15, -0.1) is 0 Å². The van der Waals surface area contributed by atoms with E-state index in [9.17, 15) is 0 Å². The first-order valence-electron chi connectivity index (χ1n) is 7.29. The molecule has 0 aromatic rings. The Balaban J connectivity index is 4.16. The molecule has 0 unspecified atom stereocenters. The van der Waals surface area contributed by atoms with Crippen molar-refractivity contribution in [3.8, 4) is 0 Å². The molecule has 16 heavy (non-hydrogen) atoms. The van der Waals surface area contributed by atoms with E-state index in [1.807, 2.05) is 0 Å². The monoisotopic (exact) mass is 244 g/mol. The largest absolute Gasteiger partial charge is 0.422 e. The zero-order valence-electron chi connectivity index (χ0n) is 12.0. The summed E-state index contributed by atoms with van der Waals surface area (Å²) in [6.45, 7) is 6.84. The van der Waals surface area contributed by atoms with E-state index in [4.69, 9.17) is 4.43 Å². The van der Waals surface area contributed by atoms with Crippen LogP contribution < -0.4 is 0 Å². The van der Waals surface area contributed by atoms with E-state index in [0.717, 1.165) is 10.5 Å². The van der Waals surface area contributed by atoms with Gasteiger partial charge in [-0.25, -0.2) is 0 Å². The topological polar surface area (TPSA) is 9.23 Å². The molecule has 0 aromatic carbocycles. The van der Waals surface area contributed by atoms with E-state index in [-0.39, 0.29) is 5.60 Å². The zero-order valence-corrected chi connectivity index (χ0v) is 14.0. The van der Waals surface area contributed by atoms with Gasteiger partial charge in [0, 0.05) is 0 Å². The van der Waals surface area contributed by atoms with Crippen molar-refractivity contribution in [2.45, 2.75) is 90.6 Å². The molecule has 98 valence electrons. The lowest BCUT2D eigenvalue weighted by molar-refractivity contribution is 0.0434. The van der Waals surface area contributed by atoms with Crippen LogP contribution in [-0.2, 0) is 4.43 Å². The number of unbranched alkanes of at least 4 members (excludes halogenated alkanes) is 4. The Kier molecular flexibility index (Phi) is 10.5. The molecule has 0 saturated carbocycles. The maximum Gasteiger partial charge on any atom is 0.146 e. The summed E-state index contributed by atoms with van der Waals surface area (Å²) in [4.78, 5) is 0. The van der Waals surface area contributed by atoms with Crippen LogP contribution in [0.2, 0.25) is 0 Å². The zero-order chi connectivity index (χ0) is 12.3. The van der Waals surface area contributed by atoms with Crippen molar-refractivity contribution in [1.82, 2.24) is 0 Å². The molecule has 0 radical (unpaired) electrons. The molecular formula is C14H32OSi. The molecule has 0 spiro atoms. The normalized spacial score (nSPS) is 12.2. The molecule has 0 fully saturated rings. The maximum atomic E-state index is 6.03. The summed E-state index contributed by atoms with van der Waals surface area (Å²) in [5.41, 5.74) is 0.257. The second-order valence-corrected chi connectivity index (χ2v) is 5.46. The van der Waals surface area contributed by atoms with Crippen LogP contribution >= 0.6 is 0 Å².